The second-order valence-corrected chi connectivity index (χ2v) is 29.2. The van der Waals surface area contributed by atoms with Crippen molar-refractivity contribution in [1.29, 1.82) is 0 Å². The number of thioether (sulfide) groups is 2. The van der Waals surface area contributed by atoms with Gasteiger partial charge in [-0.25, -0.2) is 27.2 Å². The van der Waals surface area contributed by atoms with Gasteiger partial charge in [-0.1, -0.05) is 84.2 Å². The number of ether oxygens (including phenoxy) is 6. The first-order valence-electron chi connectivity index (χ1n) is 27.9. The molecule has 27 heteroatoms. The largest absolute Gasteiger partial charge is 0.514 e. The predicted molar refractivity (Wildman–Crippen MR) is 325 cm³/mol. The Morgan fingerprint density at radius 3 is 1.46 bits per heavy atom. The molecule has 6 aliphatic rings. The number of halogens is 4. The van der Waals surface area contributed by atoms with E-state index in [4.69, 9.17) is 38.0 Å². The van der Waals surface area contributed by atoms with E-state index in [1.54, 1.807) is 16.0 Å². The molecule has 0 aliphatic carbocycles. The van der Waals surface area contributed by atoms with E-state index >= 15 is 8.78 Å². The summed E-state index contributed by atoms with van der Waals surface area (Å²) >= 11 is 2.75. The molecule has 8 heterocycles. The molecule has 2 amide bonds. The minimum atomic E-state index is -2.09. The maximum Gasteiger partial charge on any atom is 0.514 e. The van der Waals surface area contributed by atoms with Crippen molar-refractivity contribution >= 4 is 56.0 Å². The van der Waals surface area contributed by atoms with Crippen molar-refractivity contribution in [3.8, 4) is 11.5 Å². The van der Waals surface area contributed by atoms with Crippen molar-refractivity contribution in [3.05, 3.63) is 186 Å². The summed E-state index contributed by atoms with van der Waals surface area (Å²) in [5.41, 5.74) is 1.04. The first kappa shape index (κ1) is 65.8. The second kappa shape index (κ2) is 26.8. The van der Waals surface area contributed by atoms with Crippen LogP contribution < -0.4 is 30.3 Å². The maximum absolute atomic E-state index is 15.4. The van der Waals surface area contributed by atoms with Gasteiger partial charge in [0.25, 0.3) is 11.8 Å². The van der Waals surface area contributed by atoms with E-state index in [9.17, 15) is 37.5 Å². The van der Waals surface area contributed by atoms with Gasteiger partial charge in [0.15, 0.2) is 43.0 Å². The molecule has 2 aromatic heterocycles. The van der Waals surface area contributed by atoms with Crippen molar-refractivity contribution in [2.24, 2.45) is 0 Å². The number of hydrogen-bond acceptors (Lipinski definition) is 18. The lowest BCUT2D eigenvalue weighted by atomic mass is 9.93. The van der Waals surface area contributed by atoms with Gasteiger partial charge in [0.2, 0.25) is 22.4 Å². The number of aliphatic hydroxyl groups excluding tert-OH is 1. The number of nitrogens with zero attached hydrogens (tertiary/aromatic N) is 6. The third-order valence-corrected chi connectivity index (χ3v) is 23.1. The van der Waals surface area contributed by atoms with Gasteiger partial charge in [0.05, 0.1) is 51.7 Å². The fourth-order valence-corrected chi connectivity index (χ4v) is 14.4. The number of carbonyl (C=O) groups excluding carboxylic acids is 4. The molecule has 6 aromatic rings. The Balaban J connectivity index is 0.000000209. The van der Waals surface area contributed by atoms with Crippen LogP contribution in [0.3, 0.4) is 0 Å². The number of morpholine rings is 2. The fraction of sp³-hybridized carbons (Fsp3) is 0.387. The van der Waals surface area contributed by atoms with Gasteiger partial charge in [0.1, 0.15) is 25.5 Å². The van der Waals surface area contributed by atoms with Crippen LogP contribution in [0, 0.1) is 23.3 Å². The topological polar surface area (TPSA) is 210 Å². The van der Waals surface area contributed by atoms with E-state index < -0.39 is 109 Å². The minimum absolute atomic E-state index is 0. The summed E-state index contributed by atoms with van der Waals surface area (Å²) in [5.74, 6) is -5.64. The normalized spacial score (nSPS) is 19.0. The van der Waals surface area contributed by atoms with Gasteiger partial charge in [-0.15, -0.1) is 23.5 Å². The zero-order valence-corrected chi connectivity index (χ0v) is 50.4. The number of rotatable bonds is 10. The van der Waals surface area contributed by atoms with Crippen molar-refractivity contribution in [1.82, 2.24) is 19.2 Å². The molecule has 0 saturated carbocycles. The Labute approximate surface area is 520 Å². The van der Waals surface area contributed by atoms with Crippen LogP contribution >= 0.6 is 23.5 Å². The third-order valence-electron chi connectivity index (χ3n) is 16.3. The Hall–Kier alpha value is -7.66. The highest BCUT2D eigenvalue weighted by Crippen LogP contribution is 2.48. The lowest BCUT2D eigenvalue weighted by Gasteiger charge is -2.51. The second-order valence-electron chi connectivity index (χ2n) is 22.3. The van der Waals surface area contributed by atoms with E-state index in [0.717, 1.165) is 39.1 Å². The molecular weight excluding hydrogens is 1220 g/mol. The molecule has 12 rings (SSSR count). The SMILES string of the molecule is C.C.CC(C)(C)[Si](C)(C)OCCOC(=O)Oc1c2n(ccc1=O)N([C@@H]1c3ccccc3SCc3c1ccc(F)c3F)[C@@H]1COCCN1C2=O.O=C(OCCO)Oc1c2n(ccc1=O)N([C@@H]1c3ccccc3SCc3c1ccc(F)c3F)[C@@H]1COCCN1C2=O. The highest BCUT2D eigenvalue weighted by atomic mass is 32.2. The number of aromatic nitrogens is 2. The third kappa shape index (κ3) is 12.4. The number of hydrogen-bond donors (Lipinski definition) is 1. The number of amides is 2. The van der Waals surface area contributed by atoms with Crippen molar-refractivity contribution in [2.45, 2.75) is 99.5 Å². The van der Waals surface area contributed by atoms with Crippen LogP contribution in [0.15, 0.2) is 117 Å². The van der Waals surface area contributed by atoms with Gasteiger partial charge in [-0.3, -0.25) is 38.5 Å². The zero-order valence-electron chi connectivity index (χ0n) is 47.8. The highest BCUT2D eigenvalue weighted by Gasteiger charge is 2.49. The summed E-state index contributed by atoms with van der Waals surface area (Å²) in [4.78, 5) is 84.0. The molecule has 1 N–H and O–H groups in total. The number of aliphatic hydroxyl groups is 1. The predicted octanol–water partition coefficient (Wildman–Crippen LogP) is 9.86. The lowest BCUT2D eigenvalue weighted by Crippen LogP contribution is -2.66. The van der Waals surface area contributed by atoms with Gasteiger partial charge >= 0.3 is 12.3 Å². The molecule has 0 bridgehead atoms. The summed E-state index contributed by atoms with van der Waals surface area (Å²) in [6.45, 7) is 10.7. The number of benzene rings is 4. The summed E-state index contributed by atoms with van der Waals surface area (Å²) < 4.78 is 101. The number of pyridine rings is 2. The van der Waals surface area contributed by atoms with Crippen LogP contribution in [-0.2, 0) is 34.9 Å². The molecule has 4 atom stereocenters. The van der Waals surface area contributed by atoms with Crippen LogP contribution in [0.5, 0.6) is 11.5 Å². The number of carbonyl (C=O) groups is 4. The Morgan fingerprint density at radius 1 is 0.607 bits per heavy atom. The van der Waals surface area contributed by atoms with E-state index in [-0.39, 0.29) is 113 Å². The molecule has 20 nitrogen and oxygen atoms in total. The van der Waals surface area contributed by atoms with E-state index in [2.05, 4.69) is 33.9 Å². The molecule has 2 saturated heterocycles. The fourth-order valence-electron chi connectivity index (χ4n) is 11.1. The first-order valence-corrected chi connectivity index (χ1v) is 32.8. The summed E-state index contributed by atoms with van der Waals surface area (Å²) in [7, 11) is -2.09. The monoisotopic (exact) mass is 1290 g/mol. The van der Waals surface area contributed by atoms with Crippen LogP contribution in [0.4, 0.5) is 27.2 Å². The van der Waals surface area contributed by atoms with Crippen molar-refractivity contribution < 1.29 is 74.7 Å². The molecule has 2 fully saturated rings. The van der Waals surface area contributed by atoms with Crippen LogP contribution in [-0.4, -0.2) is 135 Å². The zero-order chi connectivity index (χ0) is 61.6. The average Bonchev–Trinajstić information content (AvgIpc) is 1.57. The maximum atomic E-state index is 15.4. The summed E-state index contributed by atoms with van der Waals surface area (Å²) in [6.07, 6.45) is -1.01. The average molecular weight is 1290 g/mol. The molecule has 0 radical (unpaired) electrons. The van der Waals surface area contributed by atoms with Gasteiger partial charge < -0.3 is 47.8 Å². The first-order chi connectivity index (χ1) is 41.7. The lowest BCUT2D eigenvalue weighted by molar-refractivity contribution is -0.0199. The standard InChI is InChI=1S/C33H37F2N3O7SSi.C27H23F2N3O7S.2CH4/c1-33(2,3)47(4,5)44-17-16-43-32(41)45-30-24(39)12-13-37-29(30)31(40)36-14-15-42-18-26(36)38(37)28-20-10-11-23(34)27(35)22(20)19-46-25-9-7-6-8-21(25)28;28-18-6-5-15-17(22(18)29)14-40-20-4-2-1-3-16(20)23(15)32-21-13-37-11-9-30(21)26(35)24-25(19(34)7-8-31(24)32)39-27(36)38-12-10-33;;/h6-13,26,28H,14-19H2,1-5H3;1-8,21,23,33H,9-14H2;2*1H4/t26-,28+;21-,23+;;/m11../s1. The summed E-state index contributed by atoms with van der Waals surface area (Å²) in [5, 5.41) is 12.5. The quantitative estimate of drug-likeness (QED) is 0.0585. The molecule has 0 unspecified atom stereocenters. The van der Waals surface area contributed by atoms with Crippen LogP contribution in [0.2, 0.25) is 18.1 Å². The molecule has 4 aromatic carbocycles. The Morgan fingerprint density at radius 2 is 1.03 bits per heavy atom. The smallest absolute Gasteiger partial charge is 0.432 e. The van der Waals surface area contributed by atoms with Crippen LogP contribution in [0.25, 0.3) is 0 Å². The van der Waals surface area contributed by atoms with Gasteiger partial charge in [-0.05, 0) is 64.7 Å². The molecule has 474 valence electrons. The molecule has 89 heavy (non-hydrogen) atoms. The van der Waals surface area contributed by atoms with E-state index in [1.165, 1.54) is 62.3 Å². The highest BCUT2D eigenvalue weighted by molar-refractivity contribution is 7.98. The molecular formula is C62H68F4N6O14S2Si. The summed E-state index contributed by atoms with van der Waals surface area (Å²) in [6, 6.07) is 21.0. The van der Waals surface area contributed by atoms with Crippen molar-refractivity contribution in [3.63, 3.8) is 0 Å². The minimum Gasteiger partial charge on any atom is -0.432 e. The van der Waals surface area contributed by atoms with E-state index in [1.807, 2.05) is 53.5 Å². The van der Waals surface area contributed by atoms with Crippen molar-refractivity contribution in [2.75, 3.05) is 76.0 Å². The Bertz CT molecular complexity index is 3830. The Kier molecular flexibility index (Phi) is 19.8. The van der Waals surface area contributed by atoms with Gasteiger partial charge in [0, 0.05) is 70.0 Å². The molecule has 6 aliphatic heterocycles. The number of fused-ring (bicyclic) bond motifs is 8. The van der Waals surface area contributed by atoms with Gasteiger partial charge in [-0.2, -0.15) is 0 Å². The van der Waals surface area contributed by atoms with Crippen LogP contribution in [0.1, 0.15) is 102 Å². The van der Waals surface area contributed by atoms with E-state index in [0.29, 0.717) is 11.1 Å². The molecule has 0 spiro atoms.